The van der Waals surface area contributed by atoms with Crippen LogP contribution in [0, 0.1) is 5.82 Å². The summed E-state index contributed by atoms with van der Waals surface area (Å²) in [6, 6.07) is 5.70. The Morgan fingerprint density at radius 1 is 1.30 bits per heavy atom. The summed E-state index contributed by atoms with van der Waals surface area (Å²) in [5, 5.41) is 3.59. The van der Waals surface area contributed by atoms with Crippen LogP contribution in [-0.4, -0.2) is 56.9 Å². The summed E-state index contributed by atoms with van der Waals surface area (Å²) in [7, 11) is 0. The van der Waals surface area contributed by atoms with Gasteiger partial charge in [-0.25, -0.2) is 4.39 Å². The fraction of sp³-hybridized carbons (Fsp3) is 0.667. The smallest absolute Gasteiger partial charge is 0.123 e. The third kappa shape index (κ3) is 4.03. The molecule has 5 heteroatoms. The molecular formula is C18H28FN3O. The summed E-state index contributed by atoms with van der Waals surface area (Å²) in [5.41, 5.74) is 2.22. The van der Waals surface area contributed by atoms with Crippen LogP contribution in [0.5, 0.6) is 0 Å². The second kappa shape index (κ2) is 7.60. The Morgan fingerprint density at radius 2 is 2.09 bits per heavy atom. The Morgan fingerprint density at radius 3 is 2.74 bits per heavy atom. The molecular weight excluding hydrogens is 293 g/mol. The van der Waals surface area contributed by atoms with E-state index < -0.39 is 0 Å². The highest BCUT2D eigenvalue weighted by molar-refractivity contribution is 5.55. The van der Waals surface area contributed by atoms with Gasteiger partial charge in [-0.05, 0) is 43.7 Å². The van der Waals surface area contributed by atoms with Crippen molar-refractivity contribution in [2.75, 3.05) is 50.8 Å². The summed E-state index contributed by atoms with van der Waals surface area (Å²) in [5.74, 6) is -0.160. The third-order valence-corrected chi connectivity index (χ3v) is 5.03. The van der Waals surface area contributed by atoms with Crippen molar-refractivity contribution in [3.63, 3.8) is 0 Å². The summed E-state index contributed by atoms with van der Waals surface area (Å²) < 4.78 is 19.3. The maximum Gasteiger partial charge on any atom is 0.123 e. The molecule has 0 aliphatic carbocycles. The van der Waals surface area contributed by atoms with Gasteiger partial charge in [0.1, 0.15) is 5.82 Å². The molecule has 4 nitrogen and oxygen atoms in total. The van der Waals surface area contributed by atoms with Gasteiger partial charge in [0.25, 0.3) is 0 Å². The molecule has 0 bridgehead atoms. The Bertz CT molecular complexity index is 511. The van der Waals surface area contributed by atoms with Gasteiger partial charge in [-0.2, -0.15) is 0 Å². The molecule has 2 saturated heterocycles. The van der Waals surface area contributed by atoms with E-state index in [1.165, 1.54) is 5.69 Å². The van der Waals surface area contributed by atoms with E-state index in [4.69, 9.17) is 4.74 Å². The number of ether oxygens (including phenoxy) is 1. The molecule has 0 radical (unpaired) electrons. The zero-order valence-electron chi connectivity index (χ0n) is 14.2. The van der Waals surface area contributed by atoms with Gasteiger partial charge in [0.05, 0.1) is 6.61 Å². The molecule has 0 aromatic heterocycles. The summed E-state index contributed by atoms with van der Waals surface area (Å²) in [4.78, 5) is 4.85. The zero-order chi connectivity index (χ0) is 16.2. The van der Waals surface area contributed by atoms with Gasteiger partial charge in [0.15, 0.2) is 0 Å². The normalized spacial score (nSPS) is 24.1. The lowest BCUT2D eigenvalue weighted by molar-refractivity contribution is 0.188. The van der Waals surface area contributed by atoms with Crippen LogP contribution in [0.2, 0.25) is 0 Å². The standard InChI is InChI=1S/C18H28FN3O/c1-3-21-7-9-22(10-8-21)18-5-4-15(19)12-17(18)14(2)20-16-6-11-23-13-16/h4-5,12,14,16,20H,3,6-11,13H2,1-2H3/t14-,16+/m1/s1. The molecule has 2 fully saturated rings. The van der Waals surface area contributed by atoms with Gasteiger partial charge in [-0.3, -0.25) is 0 Å². The van der Waals surface area contributed by atoms with E-state index in [1.807, 2.05) is 6.07 Å². The third-order valence-electron chi connectivity index (χ3n) is 5.03. The van der Waals surface area contributed by atoms with Crippen LogP contribution in [-0.2, 0) is 4.74 Å². The van der Waals surface area contributed by atoms with Gasteiger partial charge in [0.2, 0.25) is 0 Å². The Labute approximate surface area is 138 Å². The first-order chi connectivity index (χ1) is 11.2. The molecule has 1 aromatic carbocycles. The highest BCUT2D eigenvalue weighted by Crippen LogP contribution is 2.29. The van der Waals surface area contributed by atoms with Crippen LogP contribution < -0.4 is 10.2 Å². The number of likely N-dealkylation sites (N-methyl/N-ethyl adjacent to an activating group) is 1. The zero-order valence-corrected chi connectivity index (χ0v) is 14.2. The number of rotatable bonds is 5. The SMILES string of the molecule is CCN1CCN(c2ccc(F)cc2[C@@H](C)N[C@H]2CCOC2)CC1. The minimum atomic E-state index is -0.160. The minimum absolute atomic E-state index is 0.122. The lowest BCUT2D eigenvalue weighted by atomic mass is 10.0. The van der Waals surface area contributed by atoms with Crippen molar-refractivity contribution in [1.29, 1.82) is 0 Å². The van der Waals surface area contributed by atoms with Crippen LogP contribution in [0.15, 0.2) is 18.2 Å². The first-order valence-corrected chi connectivity index (χ1v) is 8.78. The molecule has 23 heavy (non-hydrogen) atoms. The molecule has 0 amide bonds. The van der Waals surface area contributed by atoms with E-state index in [2.05, 4.69) is 29.0 Å². The van der Waals surface area contributed by atoms with Crippen LogP contribution >= 0.6 is 0 Å². The molecule has 2 aliphatic rings. The molecule has 0 saturated carbocycles. The van der Waals surface area contributed by atoms with Crippen molar-refractivity contribution >= 4 is 5.69 Å². The number of nitrogens with one attached hydrogen (secondary N) is 1. The lowest BCUT2D eigenvalue weighted by Gasteiger charge is -2.37. The number of halogens is 1. The second-order valence-electron chi connectivity index (χ2n) is 6.57. The lowest BCUT2D eigenvalue weighted by Crippen LogP contribution is -2.46. The first kappa shape index (κ1) is 16.7. The molecule has 2 heterocycles. The molecule has 2 aliphatic heterocycles. The molecule has 128 valence electrons. The predicted molar refractivity (Wildman–Crippen MR) is 91.5 cm³/mol. The molecule has 3 rings (SSSR count). The summed E-state index contributed by atoms with van der Waals surface area (Å²) >= 11 is 0. The van der Waals surface area contributed by atoms with Crippen LogP contribution in [0.1, 0.15) is 31.9 Å². The fourth-order valence-electron chi connectivity index (χ4n) is 3.57. The van der Waals surface area contributed by atoms with Crippen molar-refractivity contribution in [2.45, 2.75) is 32.4 Å². The number of hydrogen-bond donors (Lipinski definition) is 1. The van der Waals surface area contributed by atoms with Gasteiger partial charge in [-0.15, -0.1) is 0 Å². The largest absolute Gasteiger partial charge is 0.380 e. The Kier molecular flexibility index (Phi) is 5.51. The van der Waals surface area contributed by atoms with E-state index in [0.29, 0.717) is 6.04 Å². The molecule has 0 spiro atoms. The van der Waals surface area contributed by atoms with Crippen LogP contribution in [0.4, 0.5) is 10.1 Å². The van der Waals surface area contributed by atoms with E-state index in [-0.39, 0.29) is 11.9 Å². The number of hydrogen-bond acceptors (Lipinski definition) is 4. The summed E-state index contributed by atoms with van der Waals surface area (Å²) in [6.07, 6.45) is 1.03. The molecule has 0 unspecified atom stereocenters. The topological polar surface area (TPSA) is 27.7 Å². The van der Waals surface area contributed by atoms with Gasteiger partial charge in [-0.1, -0.05) is 6.92 Å². The van der Waals surface area contributed by atoms with E-state index in [9.17, 15) is 4.39 Å². The maximum atomic E-state index is 13.8. The molecule has 1 N–H and O–H groups in total. The van der Waals surface area contributed by atoms with E-state index >= 15 is 0 Å². The van der Waals surface area contributed by atoms with Crippen molar-refractivity contribution in [2.24, 2.45) is 0 Å². The Hall–Kier alpha value is -1.17. The number of piperazine rings is 1. The fourth-order valence-corrected chi connectivity index (χ4v) is 3.57. The first-order valence-electron chi connectivity index (χ1n) is 8.78. The number of nitrogens with zero attached hydrogens (tertiary/aromatic N) is 2. The van der Waals surface area contributed by atoms with Crippen molar-refractivity contribution in [1.82, 2.24) is 10.2 Å². The monoisotopic (exact) mass is 321 g/mol. The van der Waals surface area contributed by atoms with Gasteiger partial charge >= 0.3 is 0 Å². The van der Waals surface area contributed by atoms with Crippen molar-refractivity contribution in [3.8, 4) is 0 Å². The minimum Gasteiger partial charge on any atom is -0.380 e. The van der Waals surface area contributed by atoms with Crippen LogP contribution in [0.3, 0.4) is 0 Å². The number of anilines is 1. The average molecular weight is 321 g/mol. The molecule has 1 aromatic rings. The summed E-state index contributed by atoms with van der Waals surface area (Å²) in [6.45, 7) is 11.2. The number of benzene rings is 1. The van der Waals surface area contributed by atoms with Crippen molar-refractivity contribution < 1.29 is 9.13 Å². The van der Waals surface area contributed by atoms with E-state index in [1.54, 1.807) is 12.1 Å². The Balaban J connectivity index is 1.74. The average Bonchev–Trinajstić information content (AvgIpc) is 3.08. The van der Waals surface area contributed by atoms with Crippen LogP contribution in [0.25, 0.3) is 0 Å². The van der Waals surface area contributed by atoms with Crippen molar-refractivity contribution in [3.05, 3.63) is 29.6 Å². The molecule has 2 atom stereocenters. The predicted octanol–water partition coefficient (Wildman–Crippen LogP) is 2.41. The second-order valence-corrected chi connectivity index (χ2v) is 6.57. The highest BCUT2D eigenvalue weighted by atomic mass is 19.1. The maximum absolute atomic E-state index is 13.8. The quantitative estimate of drug-likeness (QED) is 0.901. The van der Waals surface area contributed by atoms with E-state index in [0.717, 1.165) is 57.9 Å². The highest BCUT2D eigenvalue weighted by Gasteiger charge is 2.23. The van der Waals surface area contributed by atoms with Gasteiger partial charge < -0.3 is 19.9 Å². The van der Waals surface area contributed by atoms with Gasteiger partial charge in [0, 0.05) is 50.6 Å².